The zero-order chi connectivity index (χ0) is 24.2. The van der Waals surface area contributed by atoms with Crippen LogP contribution in [-0.2, 0) is 9.53 Å². The smallest absolute Gasteiger partial charge is 0.255 e. The maximum Gasteiger partial charge on any atom is 0.255 e. The molecule has 34 heavy (non-hydrogen) atoms. The van der Waals surface area contributed by atoms with Gasteiger partial charge in [0.2, 0.25) is 12.3 Å². The number of likely N-dealkylation sites (N-methyl/N-ethyl adjacent to an activating group) is 1. The summed E-state index contributed by atoms with van der Waals surface area (Å²) in [6.45, 7) is 2.26. The molecule has 1 aliphatic heterocycles. The van der Waals surface area contributed by atoms with Gasteiger partial charge in [0.1, 0.15) is 5.76 Å². The van der Waals surface area contributed by atoms with Gasteiger partial charge >= 0.3 is 0 Å². The molecule has 0 radical (unpaired) electrons. The number of benzene rings is 2. The Morgan fingerprint density at radius 3 is 2.71 bits per heavy atom. The monoisotopic (exact) mass is 460 g/mol. The first kappa shape index (κ1) is 22.9. The molecule has 0 aliphatic carbocycles. The van der Waals surface area contributed by atoms with Gasteiger partial charge < -0.3 is 31.3 Å². The highest BCUT2D eigenvalue weighted by atomic mass is 16.5. The number of carbonyl (C=O) groups excluding carboxylic acids is 1. The molecule has 176 valence electrons. The SMILES string of the molecule is Cc1cc(NC(=O)CN(C)C)cc(NC2NC=C(c3ccc(N)c(-n4ccccc4=O)c3)O2)c1. The lowest BCUT2D eigenvalue weighted by molar-refractivity contribution is -0.116. The van der Waals surface area contributed by atoms with Crippen molar-refractivity contribution in [2.75, 3.05) is 37.0 Å². The van der Waals surface area contributed by atoms with E-state index in [1.807, 2.05) is 56.3 Å². The van der Waals surface area contributed by atoms with Crippen LogP contribution in [-0.4, -0.2) is 42.4 Å². The molecule has 9 nitrogen and oxygen atoms in total. The Kier molecular flexibility index (Phi) is 6.55. The van der Waals surface area contributed by atoms with Crippen molar-refractivity contribution in [2.45, 2.75) is 13.3 Å². The molecule has 1 atom stereocenters. The van der Waals surface area contributed by atoms with Crippen molar-refractivity contribution in [2.24, 2.45) is 0 Å². The number of carbonyl (C=O) groups is 1. The van der Waals surface area contributed by atoms with Crippen LogP contribution in [0.5, 0.6) is 0 Å². The molecular weight excluding hydrogens is 432 g/mol. The van der Waals surface area contributed by atoms with E-state index in [1.165, 1.54) is 10.6 Å². The first-order chi connectivity index (χ1) is 16.3. The van der Waals surface area contributed by atoms with Gasteiger partial charge in [-0.25, -0.2) is 0 Å². The normalized spacial score (nSPS) is 14.8. The van der Waals surface area contributed by atoms with Gasteiger partial charge in [0.25, 0.3) is 5.56 Å². The van der Waals surface area contributed by atoms with Crippen molar-refractivity contribution in [3.05, 3.63) is 88.5 Å². The summed E-state index contributed by atoms with van der Waals surface area (Å²) < 4.78 is 7.54. The van der Waals surface area contributed by atoms with E-state index in [1.54, 1.807) is 30.6 Å². The summed E-state index contributed by atoms with van der Waals surface area (Å²) in [5.41, 5.74) is 10.3. The van der Waals surface area contributed by atoms with Crippen LogP contribution in [0, 0.1) is 6.92 Å². The van der Waals surface area contributed by atoms with Gasteiger partial charge in [-0.05, 0) is 69.0 Å². The van der Waals surface area contributed by atoms with Crippen molar-refractivity contribution < 1.29 is 9.53 Å². The summed E-state index contributed by atoms with van der Waals surface area (Å²) in [7, 11) is 3.69. The molecule has 2 aromatic carbocycles. The van der Waals surface area contributed by atoms with Gasteiger partial charge in [0, 0.05) is 35.4 Å². The fourth-order valence-electron chi connectivity index (χ4n) is 3.68. The summed E-state index contributed by atoms with van der Waals surface area (Å²) in [6.07, 6.45) is 2.93. The second-order valence-corrected chi connectivity index (χ2v) is 8.37. The maximum absolute atomic E-state index is 12.2. The average Bonchev–Trinajstić information content (AvgIpc) is 3.22. The van der Waals surface area contributed by atoms with Crippen LogP contribution in [0.1, 0.15) is 11.1 Å². The minimum Gasteiger partial charge on any atom is -0.450 e. The van der Waals surface area contributed by atoms with E-state index < -0.39 is 6.35 Å². The lowest BCUT2D eigenvalue weighted by Crippen LogP contribution is -2.30. The van der Waals surface area contributed by atoms with Crippen LogP contribution in [0.2, 0.25) is 0 Å². The number of rotatable bonds is 7. The molecule has 0 spiro atoms. The first-order valence-electron chi connectivity index (χ1n) is 10.8. The molecule has 1 unspecified atom stereocenters. The third-order valence-electron chi connectivity index (χ3n) is 5.13. The predicted octanol–water partition coefficient (Wildman–Crippen LogP) is 2.54. The number of nitrogen functional groups attached to an aromatic ring is 1. The largest absolute Gasteiger partial charge is 0.450 e. The first-order valence-corrected chi connectivity index (χ1v) is 10.8. The van der Waals surface area contributed by atoms with E-state index in [9.17, 15) is 9.59 Å². The van der Waals surface area contributed by atoms with E-state index in [0.29, 0.717) is 29.4 Å². The number of amides is 1. The third-order valence-corrected chi connectivity index (χ3v) is 5.13. The highest BCUT2D eigenvalue weighted by Crippen LogP contribution is 2.27. The third kappa shape index (κ3) is 5.38. The summed E-state index contributed by atoms with van der Waals surface area (Å²) in [5.74, 6) is 0.521. The molecule has 0 fully saturated rings. The summed E-state index contributed by atoms with van der Waals surface area (Å²) in [6, 6.07) is 16.1. The number of nitrogens with one attached hydrogen (secondary N) is 3. The van der Waals surface area contributed by atoms with Crippen molar-refractivity contribution in [3.8, 4) is 5.69 Å². The fourth-order valence-corrected chi connectivity index (χ4v) is 3.68. The molecule has 1 aromatic heterocycles. The molecule has 5 N–H and O–H groups in total. The minimum atomic E-state index is -0.512. The van der Waals surface area contributed by atoms with Gasteiger partial charge in [-0.1, -0.05) is 6.07 Å². The molecule has 3 aromatic rings. The quantitative estimate of drug-likeness (QED) is 0.401. The van der Waals surface area contributed by atoms with Crippen LogP contribution < -0.4 is 27.2 Å². The summed E-state index contributed by atoms with van der Waals surface area (Å²) >= 11 is 0. The van der Waals surface area contributed by atoms with Gasteiger partial charge in [0.05, 0.1) is 17.9 Å². The van der Waals surface area contributed by atoms with E-state index in [-0.39, 0.29) is 11.5 Å². The predicted molar refractivity (Wildman–Crippen MR) is 134 cm³/mol. The lowest BCUT2D eigenvalue weighted by Gasteiger charge is -2.18. The topological polar surface area (TPSA) is 114 Å². The molecule has 9 heteroatoms. The molecule has 0 saturated carbocycles. The number of aromatic nitrogens is 1. The van der Waals surface area contributed by atoms with Gasteiger partial charge in [-0.15, -0.1) is 0 Å². The Morgan fingerprint density at radius 2 is 1.94 bits per heavy atom. The number of aryl methyl sites for hydroxylation is 1. The Balaban J connectivity index is 1.46. The number of pyridine rings is 1. The molecule has 1 aliphatic rings. The number of hydrogen-bond donors (Lipinski definition) is 4. The zero-order valence-corrected chi connectivity index (χ0v) is 19.3. The summed E-state index contributed by atoms with van der Waals surface area (Å²) in [4.78, 5) is 26.2. The second kappa shape index (κ2) is 9.72. The number of nitrogens with two attached hydrogens (primary N) is 1. The Labute approximate surface area is 197 Å². The van der Waals surface area contributed by atoms with E-state index in [4.69, 9.17) is 10.5 Å². The van der Waals surface area contributed by atoms with Crippen LogP contribution in [0.3, 0.4) is 0 Å². The number of nitrogens with zero attached hydrogens (tertiary/aromatic N) is 2. The molecule has 1 amide bonds. The van der Waals surface area contributed by atoms with Crippen molar-refractivity contribution in [1.29, 1.82) is 0 Å². The van der Waals surface area contributed by atoms with E-state index in [0.717, 1.165) is 16.8 Å². The standard InChI is InChI=1S/C25H28N6O3/c1-16-10-18(28-23(32)15-30(2)3)13-19(11-16)29-25-27-14-22(34-25)17-7-8-20(26)21(12-17)31-9-5-4-6-24(31)33/h4-14,25,27,29H,15,26H2,1-3H3,(H,28,32). The lowest BCUT2D eigenvalue weighted by atomic mass is 10.1. The Morgan fingerprint density at radius 1 is 1.15 bits per heavy atom. The number of ether oxygens (including phenoxy) is 1. The Hall–Kier alpha value is -4.24. The van der Waals surface area contributed by atoms with Gasteiger partial charge in [-0.2, -0.15) is 0 Å². The zero-order valence-electron chi connectivity index (χ0n) is 19.3. The average molecular weight is 461 g/mol. The minimum absolute atomic E-state index is 0.0857. The van der Waals surface area contributed by atoms with Crippen molar-refractivity contribution >= 4 is 28.7 Å². The Bertz CT molecular complexity index is 1300. The molecule has 2 heterocycles. The highest BCUT2D eigenvalue weighted by molar-refractivity contribution is 5.92. The molecule has 4 rings (SSSR count). The van der Waals surface area contributed by atoms with E-state index in [2.05, 4.69) is 16.0 Å². The van der Waals surface area contributed by atoms with Crippen molar-refractivity contribution in [3.63, 3.8) is 0 Å². The second-order valence-electron chi connectivity index (χ2n) is 8.37. The number of anilines is 3. The van der Waals surface area contributed by atoms with Gasteiger partial charge in [0.15, 0.2) is 0 Å². The van der Waals surface area contributed by atoms with Crippen LogP contribution >= 0.6 is 0 Å². The number of hydrogen-bond acceptors (Lipinski definition) is 7. The summed E-state index contributed by atoms with van der Waals surface area (Å²) in [5, 5.41) is 9.34. The highest BCUT2D eigenvalue weighted by Gasteiger charge is 2.20. The van der Waals surface area contributed by atoms with E-state index >= 15 is 0 Å². The van der Waals surface area contributed by atoms with Crippen LogP contribution in [0.15, 0.2) is 71.8 Å². The molecule has 0 bridgehead atoms. The molecular formula is C25H28N6O3. The fraction of sp³-hybridized carbons (Fsp3) is 0.200. The van der Waals surface area contributed by atoms with Crippen molar-refractivity contribution in [1.82, 2.24) is 14.8 Å². The maximum atomic E-state index is 12.2. The van der Waals surface area contributed by atoms with Crippen LogP contribution in [0.25, 0.3) is 11.4 Å². The van der Waals surface area contributed by atoms with Crippen LogP contribution in [0.4, 0.5) is 17.1 Å². The molecule has 0 saturated heterocycles. The van der Waals surface area contributed by atoms with Gasteiger partial charge in [-0.3, -0.25) is 14.2 Å².